The number of imidazole rings is 1. The van der Waals surface area contributed by atoms with Gasteiger partial charge in [-0.2, -0.15) is 0 Å². The molecule has 1 aliphatic rings. The first-order chi connectivity index (χ1) is 15.0. The fraction of sp³-hybridized carbons (Fsp3) is 0.130. The SMILES string of the molecule is Cc1ccoc1-c1ncn2c1[C@@H](C)N=C(c1ccccc1[N+](=O)[O-])c1cc(Br)ccc1-2. The minimum atomic E-state index is -0.370. The lowest BCUT2D eigenvalue weighted by molar-refractivity contribution is -0.385. The van der Waals surface area contributed by atoms with E-state index in [1.165, 1.54) is 6.07 Å². The summed E-state index contributed by atoms with van der Waals surface area (Å²) < 4.78 is 8.56. The fourth-order valence-corrected chi connectivity index (χ4v) is 4.38. The molecule has 2 aromatic heterocycles. The molecule has 154 valence electrons. The number of aromatic nitrogens is 2. The van der Waals surface area contributed by atoms with Gasteiger partial charge in [0.15, 0.2) is 5.76 Å². The van der Waals surface area contributed by atoms with Crippen LogP contribution in [0.1, 0.15) is 35.3 Å². The lowest BCUT2D eigenvalue weighted by Crippen LogP contribution is -2.09. The van der Waals surface area contributed by atoms with E-state index in [0.717, 1.165) is 32.7 Å². The average Bonchev–Trinajstić information content (AvgIpc) is 3.35. The standard InChI is InChI=1S/C23H17BrN4O3/c1-13-9-10-31-23(13)21-22-14(2)26-20(16-5-3-4-6-19(16)28(29)30)17-11-15(24)7-8-18(17)27(22)12-25-21/h3-12,14H,1-2H3/t14-/m1/s1. The predicted molar refractivity (Wildman–Crippen MR) is 121 cm³/mol. The number of rotatable bonds is 3. The molecule has 0 aliphatic carbocycles. The Kier molecular flexibility index (Phi) is 4.59. The highest BCUT2D eigenvalue weighted by Crippen LogP contribution is 2.39. The number of aliphatic imine (C=N–C) groups is 1. The minimum Gasteiger partial charge on any atom is -0.462 e. The number of hydrogen-bond donors (Lipinski definition) is 0. The van der Waals surface area contributed by atoms with Crippen LogP contribution in [0.3, 0.4) is 0 Å². The summed E-state index contributed by atoms with van der Waals surface area (Å²) in [6.07, 6.45) is 3.40. The van der Waals surface area contributed by atoms with Crippen LogP contribution < -0.4 is 0 Å². The normalized spacial score (nSPS) is 15.1. The van der Waals surface area contributed by atoms with Gasteiger partial charge in [0.05, 0.1) is 39.9 Å². The number of halogens is 1. The van der Waals surface area contributed by atoms with Crippen LogP contribution in [0.2, 0.25) is 0 Å². The van der Waals surface area contributed by atoms with Gasteiger partial charge in [0.2, 0.25) is 0 Å². The quantitative estimate of drug-likeness (QED) is 0.267. The molecule has 0 N–H and O–H groups in total. The van der Waals surface area contributed by atoms with Crippen molar-refractivity contribution in [1.29, 1.82) is 0 Å². The Hall–Kier alpha value is -3.52. The third-order valence-corrected chi connectivity index (χ3v) is 5.92. The second kappa shape index (κ2) is 7.31. The number of aryl methyl sites for hydroxylation is 1. The summed E-state index contributed by atoms with van der Waals surface area (Å²) in [7, 11) is 0. The second-order valence-electron chi connectivity index (χ2n) is 7.37. The molecular weight excluding hydrogens is 460 g/mol. The number of furan rings is 1. The lowest BCUT2D eigenvalue weighted by Gasteiger charge is -2.12. The monoisotopic (exact) mass is 476 g/mol. The van der Waals surface area contributed by atoms with Crippen molar-refractivity contribution in [2.45, 2.75) is 19.9 Å². The number of fused-ring (bicyclic) bond motifs is 3. The van der Waals surface area contributed by atoms with E-state index in [1.54, 1.807) is 30.8 Å². The second-order valence-corrected chi connectivity index (χ2v) is 8.29. The summed E-state index contributed by atoms with van der Waals surface area (Å²) in [5.74, 6) is 0.698. The number of nitro benzene ring substituents is 1. The van der Waals surface area contributed by atoms with E-state index in [2.05, 4.69) is 20.9 Å². The number of para-hydroxylation sites is 1. The minimum absolute atomic E-state index is 0.0196. The van der Waals surface area contributed by atoms with Gasteiger partial charge in [0.1, 0.15) is 12.0 Å². The van der Waals surface area contributed by atoms with Gasteiger partial charge in [-0.15, -0.1) is 0 Å². The van der Waals surface area contributed by atoms with Crippen molar-refractivity contribution in [2.75, 3.05) is 0 Å². The Labute approximate surface area is 186 Å². The van der Waals surface area contributed by atoms with E-state index < -0.39 is 0 Å². The Morgan fingerprint density at radius 3 is 2.71 bits per heavy atom. The summed E-state index contributed by atoms with van der Waals surface area (Å²) in [4.78, 5) is 21.0. The van der Waals surface area contributed by atoms with Crippen LogP contribution in [0.4, 0.5) is 5.69 Å². The molecule has 0 saturated heterocycles. The first kappa shape index (κ1) is 19.4. The Morgan fingerprint density at radius 1 is 1.16 bits per heavy atom. The highest BCUT2D eigenvalue weighted by molar-refractivity contribution is 9.10. The Bertz CT molecular complexity index is 1370. The zero-order valence-electron chi connectivity index (χ0n) is 16.7. The van der Waals surface area contributed by atoms with E-state index in [0.29, 0.717) is 17.0 Å². The molecule has 2 aromatic carbocycles. The van der Waals surface area contributed by atoms with Crippen molar-refractivity contribution in [3.63, 3.8) is 0 Å². The summed E-state index contributed by atoms with van der Waals surface area (Å²) in [6, 6.07) is 14.1. The first-order valence-electron chi connectivity index (χ1n) is 9.69. The number of benzene rings is 2. The number of nitrogens with zero attached hydrogens (tertiary/aromatic N) is 4. The molecule has 8 heteroatoms. The van der Waals surface area contributed by atoms with Gasteiger partial charge in [-0.25, -0.2) is 4.98 Å². The third-order valence-electron chi connectivity index (χ3n) is 5.43. The molecule has 0 unspecified atom stereocenters. The van der Waals surface area contributed by atoms with Gasteiger partial charge in [-0.05, 0) is 49.7 Å². The van der Waals surface area contributed by atoms with E-state index in [9.17, 15) is 10.1 Å². The van der Waals surface area contributed by atoms with Crippen LogP contribution in [0.25, 0.3) is 17.1 Å². The van der Waals surface area contributed by atoms with Gasteiger partial charge in [0.25, 0.3) is 5.69 Å². The summed E-state index contributed by atoms with van der Waals surface area (Å²) >= 11 is 3.54. The van der Waals surface area contributed by atoms with Crippen molar-refractivity contribution < 1.29 is 9.34 Å². The smallest absolute Gasteiger partial charge is 0.278 e. The largest absolute Gasteiger partial charge is 0.462 e. The van der Waals surface area contributed by atoms with Crippen LogP contribution in [0.5, 0.6) is 0 Å². The summed E-state index contributed by atoms with van der Waals surface area (Å²) in [5.41, 5.74) is 5.28. The molecule has 0 bridgehead atoms. The lowest BCUT2D eigenvalue weighted by atomic mass is 9.99. The summed E-state index contributed by atoms with van der Waals surface area (Å²) in [5, 5.41) is 11.7. The predicted octanol–water partition coefficient (Wildman–Crippen LogP) is 6.02. The van der Waals surface area contributed by atoms with E-state index in [-0.39, 0.29) is 16.7 Å². The van der Waals surface area contributed by atoms with Gasteiger partial charge in [-0.3, -0.25) is 19.7 Å². The molecule has 0 spiro atoms. The highest BCUT2D eigenvalue weighted by Gasteiger charge is 2.30. The first-order valence-corrected chi connectivity index (χ1v) is 10.5. The molecule has 31 heavy (non-hydrogen) atoms. The molecule has 0 fully saturated rings. The molecule has 7 nitrogen and oxygen atoms in total. The van der Waals surface area contributed by atoms with Gasteiger partial charge < -0.3 is 4.42 Å². The van der Waals surface area contributed by atoms with Crippen LogP contribution in [0, 0.1) is 17.0 Å². The molecule has 3 heterocycles. The third kappa shape index (κ3) is 3.11. The van der Waals surface area contributed by atoms with Gasteiger partial charge in [-0.1, -0.05) is 28.1 Å². The molecular formula is C23H17BrN4O3. The average molecular weight is 477 g/mol. The molecule has 1 atom stereocenters. The molecule has 0 radical (unpaired) electrons. The molecule has 0 amide bonds. The molecule has 1 aliphatic heterocycles. The maximum Gasteiger partial charge on any atom is 0.278 e. The van der Waals surface area contributed by atoms with Crippen LogP contribution in [-0.2, 0) is 0 Å². The van der Waals surface area contributed by atoms with E-state index in [1.807, 2.05) is 42.7 Å². The van der Waals surface area contributed by atoms with Crippen LogP contribution in [-0.4, -0.2) is 20.2 Å². The zero-order chi connectivity index (χ0) is 21.7. The Morgan fingerprint density at radius 2 is 1.97 bits per heavy atom. The summed E-state index contributed by atoms with van der Waals surface area (Å²) in [6.45, 7) is 3.93. The van der Waals surface area contributed by atoms with Crippen molar-refractivity contribution >= 4 is 27.3 Å². The van der Waals surface area contributed by atoms with Crippen LogP contribution in [0.15, 0.2) is 75.0 Å². The van der Waals surface area contributed by atoms with E-state index >= 15 is 0 Å². The van der Waals surface area contributed by atoms with Crippen molar-refractivity contribution in [2.24, 2.45) is 4.99 Å². The van der Waals surface area contributed by atoms with Crippen molar-refractivity contribution in [3.8, 4) is 17.1 Å². The fourth-order valence-electron chi connectivity index (χ4n) is 4.02. The molecule has 5 rings (SSSR count). The van der Waals surface area contributed by atoms with E-state index in [4.69, 9.17) is 9.41 Å². The zero-order valence-corrected chi connectivity index (χ0v) is 18.3. The Balaban J connectivity index is 1.82. The molecule has 4 aromatic rings. The molecule has 0 saturated carbocycles. The number of hydrogen-bond acceptors (Lipinski definition) is 5. The number of nitro groups is 1. The van der Waals surface area contributed by atoms with Crippen LogP contribution >= 0.6 is 15.9 Å². The van der Waals surface area contributed by atoms with Gasteiger partial charge in [0, 0.05) is 16.1 Å². The maximum absolute atomic E-state index is 11.7. The van der Waals surface area contributed by atoms with Crippen molar-refractivity contribution in [3.05, 3.63) is 98.1 Å². The van der Waals surface area contributed by atoms with Crippen molar-refractivity contribution in [1.82, 2.24) is 9.55 Å². The topological polar surface area (TPSA) is 86.5 Å². The highest BCUT2D eigenvalue weighted by atomic mass is 79.9. The van der Waals surface area contributed by atoms with Gasteiger partial charge >= 0.3 is 0 Å². The maximum atomic E-state index is 11.7.